The fraction of sp³-hybridized carbons (Fsp3) is 0.789. The lowest BCUT2D eigenvalue weighted by Gasteiger charge is -2.26. The number of hydrogen-bond acceptors (Lipinski definition) is 3. The maximum atomic E-state index is 4.12. The van der Waals surface area contributed by atoms with Crippen LogP contribution >= 0.6 is 0 Å². The van der Waals surface area contributed by atoms with Gasteiger partial charge in [0.05, 0.1) is 6.20 Å². The van der Waals surface area contributed by atoms with Crippen LogP contribution in [0.4, 0.5) is 0 Å². The minimum Gasteiger partial charge on any atom is -0.379 e. The molecule has 0 aromatic carbocycles. The van der Waals surface area contributed by atoms with Gasteiger partial charge in [0, 0.05) is 31.9 Å². The van der Waals surface area contributed by atoms with Crippen molar-refractivity contribution in [3.8, 4) is 0 Å². The normalized spacial score (nSPS) is 12.3. The van der Waals surface area contributed by atoms with Gasteiger partial charge in [0.1, 0.15) is 0 Å². The van der Waals surface area contributed by atoms with Crippen LogP contribution in [0.25, 0.3) is 0 Å². The topological polar surface area (TPSA) is 28.0 Å². The van der Waals surface area contributed by atoms with Crippen molar-refractivity contribution in [2.24, 2.45) is 16.1 Å². The third-order valence-electron chi connectivity index (χ3n) is 4.09. The molecule has 0 spiro atoms. The zero-order valence-corrected chi connectivity index (χ0v) is 15.4. The molecule has 3 nitrogen and oxygen atoms in total. The van der Waals surface area contributed by atoms with E-state index in [0.717, 1.165) is 0 Å². The summed E-state index contributed by atoms with van der Waals surface area (Å²) in [5.74, 6) is 0.604. The molecule has 0 saturated carbocycles. The molecule has 0 aromatic heterocycles. The first kappa shape index (κ1) is 20.9. The van der Waals surface area contributed by atoms with E-state index in [2.05, 4.69) is 49.7 Å². The number of rotatable bonds is 14. The van der Waals surface area contributed by atoms with Gasteiger partial charge < -0.3 is 4.90 Å². The maximum absolute atomic E-state index is 4.12. The van der Waals surface area contributed by atoms with Gasteiger partial charge in [-0.15, -0.1) is 0 Å². The Kier molecular flexibility index (Phi) is 14.0. The molecule has 0 heterocycles. The summed E-state index contributed by atoms with van der Waals surface area (Å²) < 4.78 is 0. The van der Waals surface area contributed by atoms with Crippen LogP contribution in [0.15, 0.2) is 34.9 Å². The maximum Gasteiger partial charge on any atom is 0.0689 e. The van der Waals surface area contributed by atoms with Gasteiger partial charge in [-0.2, -0.15) is 10.2 Å². The van der Waals surface area contributed by atoms with Crippen molar-refractivity contribution >= 4 is 0 Å². The van der Waals surface area contributed by atoms with E-state index in [1.807, 2.05) is 6.20 Å². The number of nitrogens with zero attached hydrogens (tertiary/aromatic N) is 3. The molecule has 0 aromatic rings. The first-order chi connectivity index (χ1) is 10.7. The van der Waals surface area contributed by atoms with Gasteiger partial charge in [-0.1, -0.05) is 71.8 Å². The van der Waals surface area contributed by atoms with Crippen molar-refractivity contribution in [2.75, 3.05) is 14.1 Å². The van der Waals surface area contributed by atoms with Crippen molar-refractivity contribution in [2.45, 2.75) is 78.1 Å². The van der Waals surface area contributed by atoms with Gasteiger partial charge in [0.2, 0.25) is 0 Å². The molecular formula is C19H37N3. The smallest absolute Gasteiger partial charge is 0.0689 e. The average molecular weight is 308 g/mol. The Morgan fingerprint density at radius 3 is 1.86 bits per heavy atom. The monoisotopic (exact) mass is 307 g/mol. The lowest BCUT2D eigenvalue weighted by molar-refractivity contribution is 0.360. The van der Waals surface area contributed by atoms with E-state index in [4.69, 9.17) is 0 Å². The van der Waals surface area contributed by atoms with Crippen molar-refractivity contribution < 1.29 is 0 Å². The van der Waals surface area contributed by atoms with E-state index >= 15 is 0 Å². The zero-order chi connectivity index (χ0) is 16.6. The molecule has 0 fully saturated rings. The Bertz CT molecular complexity index is 307. The molecule has 0 atom stereocenters. The summed E-state index contributed by atoms with van der Waals surface area (Å²) in [6.07, 6.45) is 16.5. The first-order valence-electron chi connectivity index (χ1n) is 9.05. The summed E-state index contributed by atoms with van der Waals surface area (Å²) in [5, 5.41) is 8.01. The van der Waals surface area contributed by atoms with Gasteiger partial charge in [0.15, 0.2) is 0 Å². The third-order valence-corrected chi connectivity index (χ3v) is 4.09. The van der Waals surface area contributed by atoms with Crippen molar-refractivity contribution in [3.05, 3.63) is 24.7 Å². The van der Waals surface area contributed by atoms with E-state index in [9.17, 15) is 0 Å². The van der Waals surface area contributed by atoms with E-state index in [0.29, 0.717) is 5.92 Å². The van der Waals surface area contributed by atoms with Gasteiger partial charge in [-0.25, -0.2) is 0 Å². The van der Waals surface area contributed by atoms with Crippen LogP contribution in [-0.2, 0) is 0 Å². The van der Waals surface area contributed by atoms with Crippen molar-refractivity contribution in [1.29, 1.82) is 0 Å². The molecule has 22 heavy (non-hydrogen) atoms. The minimum atomic E-state index is 0.604. The number of unbranched alkanes of at least 4 members (excludes halogenated alkanes) is 6. The van der Waals surface area contributed by atoms with Gasteiger partial charge in [-0.3, -0.25) is 0 Å². The molecule has 0 N–H and O–H groups in total. The van der Waals surface area contributed by atoms with E-state index < -0.39 is 0 Å². The van der Waals surface area contributed by atoms with E-state index in [1.165, 1.54) is 76.1 Å². The highest BCUT2D eigenvalue weighted by Gasteiger charge is 2.16. The Labute approximate surface area is 138 Å². The first-order valence-corrected chi connectivity index (χ1v) is 9.05. The molecule has 0 saturated heterocycles. The predicted molar refractivity (Wildman–Crippen MR) is 97.8 cm³/mol. The average Bonchev–Trinajstić information content (AvgIpc) is 2.50. The van der Waals surface area contributed by atoms with Gasteiger partial charge in [-0.05, 0) is 12.8 Å². The minimum absolute atomic E-state index is 0.604. The van der Waals surface area contributed by atoms with Gasteiger partial charge >= 0.3 is 0 Å². The molecule has 128 valence electrons. The third kappa shape index (κ3) is 10.6. The fourth-order valence-corrected chi connectivity index (χ4v) is 2.80. The highest BCUT2D eigenvalue weighted by Crippen LogP contribution is 2.27. The van der Waals surface area contributed by atoms with Gasteiger partial charge in [0.25, 0.3) is 0 Å². The molecule has 0 aliphatic heterocycles. The number of azo groups is 1. The lowest BCUT2D eigenvalue weighted by Crippen LogP contribution is -2.19. The SMILES string of the molecule is C=C/N=N\C=C(\C(CCCCCC)CCCCCC)N(C)C. The van der Waals surface area contributed by atoms with Crippen LogP contribution < -0.4 is 0 Å². The highest BCUT2D eigenvalue weighted by molar-refractivity contribution is 5.03. The van der Waals surface area contributed by atoms with Crippen LogP contribution in [0.5, 0.6) is 0 Å². The molecule has 0 rings (SSSR count). The molecule has 0 aliphatic carbocycles. The predicted octanol–water partition coefficient (Wildman–Crippen LogP) is 6.54. The van der Waals surface area contributed by atoms with E-state index in [-0.39, 0.29) is 0 Å². The number of hydrogen-bond donors (Lipinski definition) is 0. The van der Waals surface area contributed by atoms with E-state index in [1.54, 1.807) is 0 Å². The lowest BCUT2D eigenvalue weighted by atomic mass is 9.91. The summed E-state index contributed by atoms with van der Waals surface area (Å²) in [6.45, 7) is 8.12. The van der Waals surface area contributed by atoms with Crippen LogP contribution in [0.3, 0.4) is 0 Å². The largest absolute Gasteiger partial charge is 0.379 e. The highest BCUT2D eigenvalue weighted by atomic mass is 15.1. The zero-order valence-electron chi connectivity index (χ0n) is 15.4. The molecule has 0 bridgehead atoms. The van der Waals surface area contributed by atoms with Crippen LogP contribution in [0.2, 0.25) is 0 Å². The quantitative estimate of drug-likeness (QED) is 0.264. The summed E-state index contributed by atoms with van der Waals surface area (Å²) in [4.78, 5) is 2.20. The van der Waals surface area contributed by atoms with Crippen molar-refractivity contribution in [1.82, 2.24) is 4.90 Å². The summed E-state index contributed by atoms with van der Waals surface area (Å²) in [5.41, 5.74) is 1.30. The number of allylic oxidation sites excluding steroid dienone is 1. The molecule has 3 heteroatoms. The molecule has 0 unspecified atom stereocenters. The Morgan fingerprint density at radius 1 is 0.909 bits per heavy atom. The summed E-state index contributed by atoms with van der Waals surface area (Å²) in [7, 11) is 4.22. The van der Waals surface area contributed by atoms with Crippen molar-refractivity contribution in [3.63, 3.8) is 0 Å². The summed E-state index contributed by atoms with van der Waals surface area (Å²) >= 11 is 0. The standard InChI is InChI=1S/C19H37N3/c1-6-9-11-13-15-18(16-14-12-10-7-2)19(22(4)5)17-21-20-8-3/h8,17-18H,3,6-7,9-16H2,1-2,4-5H3/b19-17-,21-20-. The Balaban J connectivity index is 4.68. The van der Waals surface area contributed by atoms with Crippen LogP contribution in [0, 0.1) is 5.92 Å². The van der Waals surface area contributed by atoms with Crippen LogP contribution in [0.1, 0.15) is 78.1 Å². The second kappa shape index (κ2) is 14.8. The fourth-order valence-electron chi connectivity index (χ4n) is 2.80. The molecule has 0 amide bonds. The molecular weight excluding hydrogens is 270 g/mol. The second-order valence-corrected chi connectivity index (χ2v) is 6.26. The summed E-state index contributed by atoms with van der Waals surface area (Å²) in [6, 6.07) is 0. The molecule has 0 aliphatic rings. The molecule has 0 radical (unpaired) electrons. The van der Waals surface area contributed by atoms with Crippen LogP contribution in [-0.4, -0.2) is 19.0 Å². The Hall–Kier alpha value is -1.12. The second-order valence-electron chi connectivity index (χ2n) is 6.26. The Morgan fingerprint density at radius 2 is 1.45 bits per heavy atom.